The smallest absolute Gasteiger partial charge is 0.411 e. The van der Waals surface area contributed by atoms with Crippen LogP contribution in [-0.2, 0) is 11.3 Å². The van der Waals surface area contributed by atoms with Crippen LogP contribution in [0.25, 0.3) is 0 Å². The van der Waals surface area contributed by atoms with E-state index < -0.39 is 11.7 Å². The van der Waals surface area contributed by atoms with Crippen LogP contribution >= 0.6 is 0 Å². The molecule has 1 aliphatic rings. The first-order chi connectivity index (χ1) is 9.85. The Hall–Kier alpha value is -2.17. The third-order valence-electron chi connectivity index (χ3n) is 3.04. The highest BCUT2D eigenvalue weighted by Gasteiger charge is 2.29. The van der Waals surface area contributed by atoms with Gasteiger partial charge in [-0.3, -0.25) is 4.90 Å². The fraction of sp³-hybridized carbons (Fsp3) is 0.438. The molecule has 1 heterocycles. The summed E-state index contributed by atoms with van der Waals surface area (Å²) in [5, 5.41) is 13.1. The van der Waals surface area contributed by atoms with Gasteiger partial charge in [-0.05, 0) is 26.3 Å². The summed E-state index contributed by atoms with van der Waals surface area (Å²) in [5.41, 5.74) is 1.26. The Balaban J connectivity index is 1.88. The van der Waals surface area contributed by atoms with Crippen LogP contribution in [0.5, 0.6) is 0 Å². The van der Waals surface area contributed by atoms with Crippen molar-refractivity contribution in [1.82, 2.24) is 10.2 Å². The maximum Gasteiger partial charge on any atom is 0.411 e. The van der Waals surface area contributed by atoms with E-state index in [9.17, 15) is 9.90 Å². The Bertz CT molecular complexity index is 532. The summed E-state index contributed by atoms with van der Waals surface area (Å²) in [4.78, 5) is 13.4. The SMILES string of the molecule is CC(C)(C)OC(=O)N1CC(O)=C(NCc2ccccc2)C1. The van der Waals surface area contributed by atoms with E-state index in [1.165, 1.54) is 4.90 Å². The van der Waals surface area contributed by atoms with E-state index in [2.05, 4.69) is 5.32 Å². The number of rotatable bonds is 3. The van der Waals surface area contributed by atoms with Crippen molar-refractivity contribution >= 4 is 6.09 Å². The first-order valence-corrected chi connectivity index (χ1v) is 7.02. The summed E-state index contributed by atoms with van der Waals surface area (Å²) in [5.74, 6) is 0.191. The van der Waals surface area contributed by atoms with E-state index >= 15 is 0 Å². The van der Waals surface area contributed by atoms with Crippen molar-refractivity contribution in [3.8, 4) is 0 Å². The molecule has 1 aliphatic heterocycles. The lowest BCUT2D eigenvalue weighted by molar-refractivity contribution is 0.0289. The van der Waals surface area contributed by atoms with Crippen LogP contribution < -0.4 is 5.32 Å². The molecule has 2 N–H and O–H groups in total. The van der Waals surface area contributed by atoms with Crippen molar-refractivity contribution in [1.29, 1.82) is 0 Å². The van der Waals surface area contributed by atoms with E-state index in [-0.39, 0.29) is 12.3 Å². The lowest BCUT2D eigenvalue weighted by Gasteiger charge is -2.24. The second-order valence-electron chi connectivity index (χ2n) is 6.10. The van der Waals surface area contributed by atoms with Crippen LogP contribution in [0.4, 0.5) is 4.79 Å². The maximum atomic E-state index is 12.0. The van der Waals surface area contributed by atoms with E-state index in [1.54, 1.807) is 0 Å². The maximum absolute atomic E-state index is 12.0. The Labute approximate surface area is 125 Å². The number of nitrogens with zero attached hydrogens (tertiary/aromatic N) is 1. The number of ether oxygens (including phenoxy) is 1. The van der Waals surface area contributed by atoms with Crippen LogP contribution in [-0.4, -0.2) is 34.8 Å². The molecular formula is C16H22N2O3. The quantitative estimate of drug-likeness (QED) is 0.898. The lowest BCUT2D eigenvalue weighted by atomic mass is 10.2. The summed E-state index contributed by atoms with van der Waals surface area (Å²) in [6, 6.07) is 9.90. The zero-order valence-electron chi connectivity index (χ0n) is 12.7. The van der Waals surface area contributed by atoms with Gasteiger partial charge in [-0.25, -0.2) is 4.79 Å². The van der Waals surface area contributed by atoms with Gasteiger partial charge in [0.1, 0.15) is 11.4 Å². The zero-order chi connectivity index (χ0) is 15.5. The molecule has 0 bridgehead atoms. The highest BCUT2D eigenvalue weighted by Crippen LogP contribution is 2.17. The van der Waals surface area contributed by atoms with Crippen LogP contribution in [0.3, 0.4) is 0 Å². The van der Waals surface area contributed by atoms with Crippen molar-refractivity contribution in [2.75, 3.05) is 13.1 Å². The molecule has 1 amide bonds. The normalized spacial score (nSPS) is 15.3. The van der Waals surface area contributed by atoms with Crippen LogP contribution in [0.15, 0.2) is 41.8 Å². The standard InChI is InChI=1S/C16H22N2O3/c1-16(2,3)21-15(20)18-10-13(14(19)11-18)17-9-12-7-5-4-6-8-12/h4-8,17,19H,9-11H2,1-3H3. The van der Waals surface area contributed by atoms with E-state index in [0.29, 0.717) is 18.8 Å². The minimum absolute atomic E-state index is 0.187. The molecule has 0 fully saturated rings. The number of carbonyl (C=O) groups excluding carboxylic acids is 1. The molecule has 0 saturated carbocycles. The molecule has 0 saturated heterocycles. The third-order valence-corrected chi connectivity index (χ3v) is 3.04. The molecule has 5 nitrogen and oxygen atoms in total. The molecule has 114 valence electrons. The number of carbonyl (C=O) groups is 1. The molecule has 21 heavy (non-hydrogen) atoms. The van der Waals surface area contributed by atoms with Gasteiger partial charge in [-0.1, -0.05) is 30.3 Å². The highest BCUT2D eigenvalue weighted by molar-refractivity contribution is 5.69. The van der Waals surface area contributed by atoms with E-state index in [1.807, 2.05) is 51.1 Å². The van der Waals surface area contributed by atoms with Crippen molar-refractivity contribution in [3.63, 3.8) is 0 Å². The van der Waals surface area contributed by atoms with Gasteiger partial charge in [0.15, 0.2) is 0 Å². The van der Waals surface area contributed by atoms with Gasteiger partial charge in [-0.15, -0.1) is 0 Å². The van der Waals surface area contributed by atoms with Crippen molar-refractivity contribution in [3.05, 3.63) is 47.4 Å². The van der Waals surface area contributed by atoms with Gasteiger partial charge in [0.2, 0.25) is 0 Å². The summed E-state index contributed by atoms with van der Waals surface area (Å²) >= 11 is 0. The van der Waals surface area contributed by atoms with Crippen LogP contribution in [0.1, 0.15) is 26.3 Å². The molecular weight excluding hydrogens is 268 g/mol. The lowest BCUT2D eigenvalue weighted by Crippen LogP contribution is -2.36. The molecule has 0 atom stereocenters. The predicted molar refractivity (Wildman–Crippen MR) is 80.7 cm³/mol. The average molecular weight is 290 g/mol. The van der Waals surface area contributed by atoms with E-state index in [4.69, 9.17) is 4.74 Å². The van der Waals surface area contributed by atoms with Gasteiger partial charge in [0.25, 0.3) is 0 Å². The number of nitrogens with one attached hydrogen (secondary N) is 1. The number of aliphatic hydroxyl groups is 1. The molecule has 0 radical (unpaired) electrons. The zero-order valence-corrected chi connectivity index (χ0v) is 12.7. The number of benzene rings is 1. The summed E-state index contributed by atoms with van der Waals surface area (Å²) in [6.45, 7) is 6.61. The number of hydrogen-bond acceptors (Lipinski definition) is 4. The van der Waals surface area contributed by atoms with E-state index in [0.717, 1.165) is 5.56 Å². The van der Waals surface area contributed by atoms with Crippen molar-refractivity contribution in [2.24, 2.45) is 0 Å². The van der Waals surface area contributed by atoms with Gasteiger partial charge in [-0.2, -0.15) is 0 Å². The molecule has 5 heteroatoms. The van der Waals surface area contributed by atoms with Crippen molar-refractivity contribution < 1.29 is 14.6 Å². The second kappa shape index (κ2) is 6.08. The molecule has 0 unspecified atom stereocenters. The number of aliphatic hydroxyl groups excluding tert-OH is 1. The van der Waals surface area contributed by atoms with Crippen LogP contribution in [0, 0.1) is 0 Å². The average Bonchev–Trinajstić information content (AvgIpc) is 2.77. The predicted octanol–water partition coefficient (Wildman–Crippen LogP) is 2.80. The second-order valence-corrected chi connectivity index (χ2v) is 6.10. The summed E-state index contributed by atoms with van der Waals surface area (Å²) < 4.78 is 5.30. The number of amides is 1. The minimum atomic E-state index is -0.535. The first kappa shape index (κ1) is 15.2. The van der Waals surface area contributed by atoms with Gasteiger partial charge < -0.3 is 15.2 Å². The van der Waals surface area contributed by atoms with Gasteiger partial charge >= 0.3 is 6.09 Å². The number of hydrogen-bond donors (Lipinski definition) is 2. The summed E-state index contributed by atoms with van der Waals surface area (Å²) in [6.07, 6.45) is -0.412. The van der Waals surface area contributed by atoms with Crippen LogP contribution in [0.2, 0.25) is 0 Å². The third kappa shape index (κ3) is 4.41. The Morgan fingerprint density at radius 3 is 2.57 bits per heavy atom. The topological polar surface area (TPSA) is 61.8 Å². The monoisotopic (exact) mass is 290 g/mol. The molecule has 1 aromatic carbocycles. The first-order valence-electron chi connectivity index (χ1n) is 7.02. The fourth-order valence-corrected chi connectivity index (χ4v) is 2.03. The molecule has 2 rings (SSSR count). The van der Waals surface area contributed by atoms with Gasteiger partial charge in [0, 0.05) is 6.54 Å². The molecule has 1 aromatic rings. The minimum Gasteiger partial charge on any atom is -0.509 e. The molecule has 0 aliphatic carbocycles. The highest BCUT2D eigenvalue weighted by atomic mass is 16.6. The Kier molecular flexibility index (Phi) is 4.40. The fourth-order valence-electron chi connectivity index (χ4n) is 2.03. The molecule has 0 aromatic heterocycles. The van der Waals surface area contributed by atoms with Crippen molar-refractivity contribution in [2.45, 2.75) is 32.9 Å². The summed E-state index contributed by atoms with van der Waals surface area (Å²) in [7, 11) is 0. The Morgan fingerprint density at radius 1 is 1.29 bits per heavy atom. The largest absolute Gasteiger partial charge is 0.509 e. The van der Waals surface area contributed by atoms with Gasteiger partial charge in [0.05, 0.1) is 18.8 Å². The Morgan fingerprint density at radius 2 is 1.95 bits per heavy atom. The molecule has 0 spiro atoms.